The molecule has 0 radical (unpaired) electrons. The smallest absolute Gasteiger partial charge is 0.150 e. The second-order valence-electron chi connectivity index (χ2n) is 4.77. The van der Waals surface area contributed by atoms with Crippen LogP contribution in [0, 0.1) is 22.7 Å². The Morgan fingerprint density at radius 1 is 1.53 bits per heavy atom. The topological polar surface area (TPSA) is 102 Å². The molecule has 1 aromatic heterocycles. The van der Waals surface area contributed by atoms with Gasteiger partial charge in [0, 0.05) is 16.1 Å². The van der Waals surface area contributed by atoms with Crippen LogP contribution in [0.4, 0.5) is 0 Å². The van der Waals surface area contributed by atoms with Gasteiger partial charge in [0.05, 0.1) is 11.8 Å². The van der Waals surface area contributed by atoms with Gasteiger partial charge in [-0.3, -0.25) is 5.41 Å². The Morgan fingerprint density at radius 3 is 2.79 bits per heavy atom. The van der Waals surface area contributed by atoms with Crippen LogP contribution in [0.5, 0.6) is 0 Å². The molecule has 100 valence electrons. The van der Waals surface area contributed by atoms with Crippen LogP contribution in [0.1, 0.15) is 43.0 Å². The molecule has 0 unspecified atom stereocenters. The molecule has 1 aliphatic rings. The van der Waals surface area contributed by atoms with Crippen molar-refractivity contribution in [1.29, 1.82) is 10.7 Å². The Hall–Kier alpha value is -1.61. The average molecular weight is 322 g/mol. The number of amidine groups is 1. The minimum atomic E-state index is 0.207. The van der Waals surface area contributed by atoms with Crippen LogP contribution in [0.2, 0.25) is 0 Å². The molecule has 0 amide bonds. The summed E-state index contributed by atoms with van der Waals surface area (Å²) in [5.41, 5.74) is 7.64. The lowest BCUT2D eigenvalue weighted by Gasteiger charge is -2.23. The van der Waals surface area contributed by atoms with Crippen LogP contribution in [0.3, 0.4) is 0 Å². The van der Waals surface area contributed by atoms with Gasteiger partial charge in [-0.15, -0.1) is 0 Å². The Balaban J connectivity index is 2.15. The number of nitrogens with zero attached hydrogens (tertiary/aromatic N) is 2. The van der Waals surface area contributed by atoms with Crippen molar-refractivity contribution in [1.82, 2.24) is 4.98 Å². The maximum Gasteiger partial charge on any atom is 0.150 e. The van der Waals surface area contributed by atoms with Gasteiger partial charge in [0.1, 0.15) is 12.2 Å². The van der Waals surface area contributed by atoms with E-state index in [-0.39, 0.29) is 5.92 Å². The minimum absolute atomic E-state index is 0.207. The van der Waals surface area contributed by atoms with Crippen LogP contribution in [0.15, 0.2) is 15.5 Å². The number of nitriles is 1. The summed E-state index contributed by atoms with van der Waals surface area (Å²) in [6, 6.07) is 4.37. The summed E-state index contributed by atoms with van der Waals surface area (Å²) in [5.74, 6) is 0.958. The quantitative estimate of drug-likeness (QED) is 0.588. The zero-order chi connectivity index (χ0) is 13.8. The van der Waals surface area contributed by atoms with Crippen LogP contribution >= 0.6 is 15.9 Å². The highest BCUT2D eigenvalue weighted by molar-refractivity contribution is 9.10. The molecular weight excluding hydrogens is 306 g/mol. The Kier molecular flexibility index (Phi) is 4.38. The number of aliphatic imine (C=N–C) groups is 1. The fraction of sp³-hybridized carbons (Fsp3) is 0.462. The molecule has 0 spiro atoms. The largest absolute Gasteiger partial charge is 0.382 e. The van der Waals surface area contributed by atoms with E-state index in [4.69, 9.17) is 16.4 Å². The van der Waals surface area contributed by atoms with E-state index in [9.17, 15) is 0 Å². The van der Waals surface area contributed by atoms with E-state index in [1.807, 2.05) is 6.07 Å². The minimum Gasteiger partial charge on any atom is -0.382 e. The standard InChI is InChI=1S/C13H16BrN5/c14-10-5-11(19-12(10)13(17)18-7-16)9-3-1-8(6-15)2-4-9/h5,7-9,19H,1-4H2,(H3,16,17,18). The van der Waals surface area contributed by atoms with Gasteiger partial charge in [-0.2, -0.15) is 5.26 Å². The molecule has 19 heavy (non-hydrogen) atoms. The van der Waals surface area contributed by atoms with Crippen molar-refractivity contribution in [3.8, 4) is 6.07 Å². The molecular formula is C13H16BrN5. The van der Waals surface area contributed by atoms with Gasteiger partial charge in [0.25, 0.3) is 0 Å². The average Bonchev–Trinajstić information content (AvgIpc) is 2.81. The summed E-state index contributed by atoms with van der Waals surface area (Å²) >= 11 is 3.46. The van der Waals surface area contributed by atoms with E-state index in [1.165, 1.54) is 0 Å². The third-order valence-corrected chi connectivity index (χ3v) is 4.23. The van der Waals surface area contributed by atoms with Crippen molar-refractivity contribution in [2.45, 2.75) is 31.6 Å². The third kappa shape index (κ3) is 3.04. The highest BCUT2D eigenvalue weighted by atomic mass is 79.9. The molecule has 1 fully saturated rings. The second kappa shape index (κ2) is 6.02. The maximum absolute atomic E-state index is 8.91. The fourth-order valence-electron chi connectivity index (χ4n) is 2.52. The summed E-state index contributed by atoms with van der Waals surface area (Å²) in [7, 11) is 0. The van der Waals surface area contributed by atoms with Gasteiger partial charge in [-0.05, 0) is 53.6 Å². The van der Waals surface area contributed by atoms with Gasteiger partial charge >= 0.3 is 0 Å². The first-order valence-corrected chi connectivity index (χ1v) is 7.05. The first kappa shape index (κ1) is 13.8. The molecule has 6 heteroatoms. The molecule has 2 rings (SSSR count). The van der Waals surface area contributed by atoms with Crippen molar-refractivity contribution in [3.05, 3.63) is 21.9 Å². The molecule has 0 atom stereocenters. The Bertz CT molecular complexity index is 532. The molecule has 1 heterocycles. The highest BCUT2D eigenvalue weighted by Crippen LogP contribution is 2.36. The van der Waals surface area contributed by atoms with E-state index in [0.29, 0.717) is 11.8 Å². The SMILES string of the molecule is N#CC1CCC(c2cc(Br)c(/C(N)=N\C=N)[nH]2)CC1. The van der Waals surface area contributed by atoms with Gasteiger partial charge in [0.15, 0.2) is 0 Å². The van der Waals surface area contributed by atoms with Crippen LogP contribution in [-0.4, -0.2) is 17.2 Å². The maximum atomic E-state index is 8.91. The van der Waals surface area contributed by atoms with Gasteiger partial charge in [-0.1, -0.05) is 0 Å². The summed E-state index contributed by atoms with van der Waals surface area (Å²) in [6.45, 7) is 0. The fourth-order valence-corrected chi connectivity index (χ4v) is 3.07. The number of aromatic nitrogens is 1. The van der Waals surface area contributed by atoms with Crippen molar-refractivity contribution in [2.24, 2.45) is 16.6 Å². The summed E-state index contributed by atoms with van der Waals surface area (Å²) in [6.07, 6.45) is 4.88. The van der Waals surface area contributed by atoms with E-state index in [2.05, 4.69) is 32.0 Å². The van der Waals surface area contributed by atoms with E-state index >= 15 is 0 Å². The zero-order valence-electron chi connectivity index (χ0n) is 10.5. The lowest BCUT2D eigenvalue weighted by molar-refractivity contribution is 0.378. The monoisotopic (exact) mass is 321 g/mol. The van der Waals surface area contributed by atoms with Gasteiger partial charge in [0.2, 0.25) is 0 Å². The Morgan fingerprint density at radius 2 is 2.21 bits per heavy atom. The first-order valence-electron chi connectivity index (χ1n) is 6.26. The van der Waals surface area contributed by atoms with Crippen LogP contribution in [0.25, 0.3) is 0 Å². The lowest BCUT2D eigenvalue weighted by atomic mass is 9.81. The molecule has 0 aliphatic heterocycles. The van der Waals surface area contributed by atoms with Crippen LogP contribution in [-0.2, 0) is 0 Å². The van der Waals surface area contributed by atoms with Crippen molar-refractivity contribution < 1.29 is 0 Å². The molecule has 1 aliphatic carbocycles. The van der Waals surface area contributed by atoms with E-state index in [1.54, 1.807) is 0 Å². The second-order valence-corrected chi connectivity index (χ2v) is 5.62. The number of H-pyrrole nitrogens is 1. The lowest BCUT2D eigenvalue weighted by Crippen LogP contribution is -2.15. The molecule has 1 aromatic rings. The number of nitrogens with one attached hydrogen (secondary N) is 2. The normalized spacial score (nSPS) is 23.9. The molecule has 4 N–H and O–H groups in total. The molecule has 0 saturated heterocycles. The zero-order valence-corrected chi connectivity index (χ0v) is 12.1. The van der Waals surface area contributed by atoms with Crippen LogP contribution < -0.4 is 5.73 Å². The summed E-state index contributed by atoms with van der Waals surface area (Å²) < 4.78 is 0.869. The number of aromatic amines is 1. The van der Waals surface area contributed by atoms with Gasteiger partial charge < -0.3 is 10.7 Å². The van der Waals surface area contributed by atoms with Crippen molar-refractivity contribution in [3.63, 3.8) is 0 Å². The molecule has 1 saturated carbocycles. The summed E-state index contributed by atoms with van der Waals surface area (Å²) in [5, 5.41) is 15.9. The number of hydrogen-bond acceptors (Lipinski definition) is 2. The molecule has 5 nitrogen and oxygen atoms in total. The van der Waals surface area contributed by atoms with E-state index in [0.717, 1.165) is 47.9 Å². The van der Waals surface area contributed by atoms with Crippen molar-refractivity contribution >= 4 is 28.1 Å². The van der Waals surface area contributed by atoms with Gasteiger partial charge in [-0.25, -0.2) is 4.99 Å². The number of halogens is 1. The summed E-state index contributed by atoms with van der Waals surface area (Å²) in [4.78, 5) is 7.05. The third-order valence-electron chi connectivity index (χ3n) is 3.60. The first-order chi connectivity index (χ1) is 9.15. The predicted molar refractivity (Wildman–Crippen MR) is 78.3 cm³/mol. The molecule has 0 aromatic carbocycles. The Labute approximate surface area is 120 Å². The number of nitrogens with two attached hydrogens (primary N) is 1. The predicted octanol–water partition coefficient (Wildman–Crippen LogP) is 2.89. The van der Waals surface area contributed by atoms with Crippen molar-refractivity contribution in [2.75, 3.05) is 0 Å². The molecule has 0 bridgehead atoms. The van der Waals surface area contributed by atoms with E-state index < -0.39 is 0 Å². The highest BCUT2D eigenvalue weighted by Gasteiger charge is 2.24. The number of rotatable bonds is 3. The number of hydrogen-bond donors (Lipinski definition) is 3.